The Labute approximate surface area is 129 Å². The normalized spacial score (nSPS) is 11.8. The Morgan fingerprint density at radius 1 is 1.24 bits per heavy atom. The molecule has 116 valence electrons. The lowest BCUT2D eigenvalue weighted by Gasteiger charge is -2.13. The standard InChI is InChI=1S/C15H22N2O3S/c1-5-16-15(20)10(3)17-14(19)7-6-13(18)12-8-9(2)21-11(12)4/h8,10H,5-7H2,1-4H3,(H,16,20)(H,17,19)/t10-/m1/s1. The highest BCUT2D eigenvalue weighted by Gasteiger charge is 2.17. The molecule has 1 atom stereocenters. The van der Waals surface area contributed by atoms with Crippen LogP contribution in [0, 0.1) is 13.8 Å². The van der Waals surface area contributed by atoms with Gasteiger partial charge in [-0.2, -0.15) is 0 Å². The third-order valence-electron chi connectivity index (χ3n) is 3.04. The first kappa shape index (κ1) is 17.4. The third-order valence-corrected chi connectivity index (χ3v) is 4.01. The third kappa shape index (κ3) is 5.30. The van der Waals surface area contributed by atoms with Gasteiger partial charge in [0.05, 0.1) is 0 Å². The van der Waals surface area contributed by atoms with Crippen LogP contribution in [0.1, 0.15) is 46.8 Å². The van der Waals surface area contributed by atoms with Crippen molar-refractivity contribution in [1.29, 1.82) is 0 Å². The van der Waals surface area contributed by atoms with Gasteiger partial charge in [-0.05, 0) is 33.8 Å². The van der Waals surface area contributed by atoms with E-state index in [1.165, 1.54) is 0 Å². The zero-order chi connectivity index (χ0) is 16.0. The van der Waals surface area contributed by atoms with Gasteiger partial charge < -0.3 is 10.6 Å². The Morgan fingerprint density at radius 2 is 1.90 bits per heavy atom. The van der Waals surface area contributed by atoms with Crippen LogP contribution in [-0.4, -0.2) is 30.2 Å². The first-order valence-corrected chi connectivity index (χ1v) is 7.84. The number of carbonyl (C=O) groups excluding carboxylic acids is 3. The van der Waals surface area contributed by atoms with E-state index in [9.17, 15) is 14.4 Å². The van der Waals surface area contributed by atoms with Crippen LogP contribution in [-0.2, 0) is 9.59 Å². The molecule has 0 aliphatic rings. The Hall–Kier alpha value is -1.69. The number of nitrogens with one attached hydrogen (secondary N) is 2. The fraction of sp³-hybridized carbons (Fsp3) is 0.533. The SMILES string of the molecule is CCNC(=O)[C@@H](C)NC(=O)CCC(=O)c1cc(C)sc1C. The zero-order valence-electron chi connectivity index (χ0n) is 12.9. The van der Waals surface area contributed by atoms with E-state index in [0.29, 0.717) is 12.1 Å². The van der Waals surface area contributed by atoms with Crippen molar-refractivity contribution < 1.29 is 14.4 Å². The van der Waals surface area contributed by atoms with Crippen molar-refractivity contribution in [3.05, 3.63) is 21.4 Å². The second-order valence-corrected chi connectivity index (χ2v) is 6.39. The molecule has 1 rings (SSSR count). The van der Waals surface area contributed by atoms with Crippen LogP contribution in [0.15, 0.2) is 6.07 Å². The minimum atomic E-state index is -0.585. The van der Waals surface area contributed by atoms with Crippen molar-refractivity contribution in [1.82, 2.24) is 10.6 Å². The molecule has 6 heteroatoms. The maximum Gasteiger partial charge on any atom is 0.242 e. The Morgan fingerprint density at radius 3 is 2.43 bits per heavy atom. The lowest BCUT2D eigenvalue weighted by Crippen LogP contribution is -2.44. The highest BCUT2D eigenvalue weighted by molar-refractivity contribution is 7.12. The summed E-state index contributed by atoms with van der Waals surface area (Å²) < 4.78 is 0. The average Bonchev–Trinajstić information content (AvgIpc) is 2.75. The summed E-state index contributed by atoms with van der Waals surface area (Å²) in [6, 6.07) is 1.27. The molecule has 1 heterocycles. The van der Waals surface area contributed by atoms with Crippen LogP contribution in [0.2, 0.25) is 0 Å². The lowest BCUT2D eigenvalue weighted by atomic mass is 10.1. The number of aryl methyl sites for hydroxylation is 2. The monoisotopic (exact) mass is 310 g/mol. The maximum atomic E-state index is 12.1. The van der Waals surface area contributed by atoms with Gasteiger partial charge in [-0.15, -0.1) is 11.3 Å². The maximum absolute atomic E-state index is 12.1. The predicted octanol–water partition coefficient (Wildman–Crippen LogP) is 1.97. The topological polar surface area (TPSA) is 75.3 Å². The second-order valence-electron chi connectivity index (χ2n) is 4.93. The molecule has 0 aliphatic heterocycles. The molecule has 0 saturated heterocycles. The van der Waals surface area contributed by atoms with E-state index < -0.39 is 6.04 Å². The predicted molar refractivity (Wildman–Crippen MR) is 83.6 cm³/mol. The number of rotatable bonds is 7. The fourth-order valence-corrected chi connectivity index (χ4v) is 2.92. The molecule has 1 aromatic heterocycles. The minimum Gasteiger partial charge on any atom is -0.355 e. The van der Waals surface area contributed by atoms with E-state index in [0.717, 1.165) is 9.75 Å². The molecule has 0 unspecified atom stereocenters. The summed E-state index contributed by atoms with van der Waals surface area (Å²) in [5.74, 6) is -0.536. The summed E-state index contributed by atoms with van der Waals surface area (Å²) in [7, 11) is 0. The van der Waals surface area contributed by atoms with Crippen molar-refractivity contribution in [2.24, 2.45) is 0 Å². The minimum absolute atomic E-state index is 0.0299. The molecule has 0 aromatic carbocycles. The molecule has 2 amide bonds. The Bertz CT molecular complexity index is 537. The smallest absolute Gasteiger partial charge is 0.242 e. The number of likely N-dealkylation sites (N-methyl/N-ethyl adjacent to an activating group) is 1. The van der Waals surface area contributed by atoms with Crippen LogP contribution in [0.3, 0.4) is 0 Å². The van der Waals surface area contributed by atoms with Crippen molar-refractivity contribution in [2.75, 3.05) is 6.54 Å². The highest BCUT2D eigenvalue weighted by atomic mass is 32.1. The van der Waals surface area contributed by atoms with Gasteiger partial charge in [0, 0.05) is 34.7 Å². The summed E-state index contributed by atoms with van der Waals surface area (Å²) in [6.07, 6.45) is 0.252. The number of ketones is 1. The number of amides is 2. The summed E-state index contributed by atoms with van der Waals surface area (Å²) in [4.78, 5) is 37.4. The molecular weight excluding hydrogens is 288 g/mol. The van der Waals surface area contributed by atoms with Crippen LogP contribution >= 0.6 is 11.3 Å². The number of carbonyl (C=O) groups is 3. The molecule has 1 aromatic rings. The Balaban J connectivity index is 2.44. The molecule has 2 N–H and O–H groups in total. The van der Waals surface area contributed by atoms with E-state index in [2.05, 4.69) is 10.6 Å². The first-order chi connectivity index (χ1) is 9.85. The molecule has 0 spiro atoms. The molecule has 0 saturated carbocycles. The summed E-state index contributed by atoms with van der Waals surface area (Å²) in [6.45, 7) is 7.82. The van der Waals surface area contributed by atoms with Gasteiger partial charge in [0.2, 0.25) is 11.8 Å². The van der Waals surface area contributed by atoms with Crippen molar-refractivity contribution in [3.8, 4) is 0 Å². The van der Waals surface area contributed by atoms with E-state index in [1.807, 2.05) is 26.8 Å². The second kappa shape index (κ2) is 7.93. The van der Waals surface area contributed by atoms with Crippen LogP contribution in [0.4, 0.5) is 0 Å². The highest BCUT2D eigenvalue weighted by Crippen LogP contribution is 2.22. The number of thiophene rings is 1. The van der Waals surface area contributed by atoms with Crippen LogP contribution < -0.4 is 10.6 Å². The van der Waals surface area contributed by atoms with Crippen molar-refractivity contribution >= 4 is 28.9 Å². The number of hydrogen-bond donors (Lipinski definition) is 2. The van der Waals surface area contributed by atoms with Gasteiger partial charge in [-0.25, -0.2) is 0 Å². The van der Waals surface area contributed by atoms with E-state index >= 15 is 0 Å². The summed E-state index contributed by atoms with van der Waals surface area (Å²) in [5, 5.41) is 5.22. The largest absolute Gasteiger partial charge is 0.355 e. The average molecular weight is 310 g/mol. The van der Waals surface area contributed by atoms with E-state index in [1.54, 1.807) is 18.3 Å². The van der Waals surface area contributed by atoms with Crippen LogP contribution in [0.5, 0.6) is 0 Å². The van der Waals surface area contributed by atoms with E-state index in [-0.39, 0.29) is 30.4 Å². The summed E-state index contributed by atoms with van der Waals surface area (Å²) in [5.41, 5.74) is 0.696. The van der Waals surface area contributed by atoms with Gasteiger partial charge >= 0.3 is 0 Å². The van der Waals surface area contributed by atoms with Crippen LogP contribution in [0.25, 0.3) is 0 Å². The lowest BCUT2D eigenvalue weighted by molar-refractivity contribution is -0.128. The quantitative estimate of drug-likeness (QED) is 0.756. The van der Waals surface area contributed by atoms with Gasteiger partial charge in [0.25, 0.3) is 0 Å². The van der Waals surface area contributed by atoms with Gasteiger partial charge in [0.15, 0.2) is 5.78 Å². The van der Waals surface area contributed by atoms with Gasteiger partial charge in [-0.3, -0.25) is 14.4 Å². The summed E-state index contributed by atoms with van der Waals surface area (Å²) >= 11 is 1.58. The number of hydrogen-bond acceptors (Lipinski definition) is 4. The molecule has 5 nitrogen and oxygen atoms in total. The molecule has 0 aliphatic carbocycles. The molecule has 0 fully saturated rings. The fourth-order valence-electron chi connectivity index (χ4n) is 1.98. The van der Waals surface area contributed by atoms with E-state index in [4.69, 9.17) is 0 Å². The molecule has 0 bridgehead atoms. The van der Waals surface area contributed by atoms with Gasteiger partial charge in [0.1, 0.15) is 6.04 Å². The molecular formula is C15H22N2O3S. The number of Topliss-reactive ketones (excluding diaryl/α,β-unsaturated/α-hetero) is 1. The zero-order valence-corrected chi connectivity index (χ0v) is 13.7. The van der Waals surface area contributed by atoms with Crippen molar-refractivity contribution in [3.63, 3.8) is 0 Å². The molecule has 21 heavy (non-hydrogen) atoms. The van der Waals surface area contributed by atoms with Crippen molar-refractivity contribution in [2.45, 2.75) is 46.6 Å². The molecule has 0 radical (unpaired) electrons. The Kier molecular flexibility index (Phi) is 6.55. The van der Waals surface area contributed by atoms with Gasteiger partial charge in [-0.1, -0.05) is 0 Å². The first-order valence-electron chi connectivity index (χ1n) is 7.02.